The van der Waals surface area contributed by atoms with Crippen LogP contribution in [0.5, 0.6) is 5.75 Å². The first-order chi connectivity index (χ1) is 16.7. The van der Waals surface area contributed by atoms with Gasteiger partial charge in [0.15, 0.2) is 0 Å². The number of imide groups is 1. The predicted octanol–water partition coefficient (Wildman–Crippen LogP) is 5.51. The average molecular weight is 448 g/mol. The van der Waals surface area contributed by atoms with E-state index in [1.807, 2.05) is 61.5 Å². The van der Waals surface area contributed by atoms with Gasteiger partial charge in [-0.05, 0) is 41.3 Å². The van der Waals surface area contributed by atoms with Crippen LogP contribution in [0.15, 0.2) is 103 Å². The number of allylic oxidation sites excluding steroid dienone is 3. The molecule has 34 heavy (non-hydrogen) atoms. The Bertz CT molecular complexity index is 1250. The Morgan fingerprint density at radius 2 is 1.24 bits per heavy atom. The highest BCUT2D eigenvalue weighted by molar-refractivity contribution is 6.24. The van der Waals surface area contributed by atoms with E-state index in [1.165, 1.54) is 10.5 Å². The number of carbonyl (C=O) groups is 2. The number of anilines is 1. The normalized spacial score (nSPS) is 24.6. The van der Waals surface area contributed by atoms with Gasteiger partial charge in [0, 0.05) is 11.8 Å². The third-order valence-electron chi connectivity index (χ3n) is 7.24. The number of para-hydroxylation sites is 2. The van der Waals surface area contributed by atoms with Crippen LogP contribution < -0.4 is 9.64 Å². The summed E-state index contributed by atoms with van der Waals surface area (Å²) in [5.41, 5.74) is 5.09. The molecule has 6 rings (SSSR count). The number of nitrogens with zero attached hydrogens (tertiary/aromatic N) is 1. The summed E-state index contributed by atoms with van der Waals surface area (Å²) in [6, 6.07) is 27.9. The van der Waals surface area contributed by atoms with Crippen molar-refractivity contribution in [3.63, 3.8) is 0 Å². The van der Waals surface area contributed by atoms with Gasteiger partial charge < -0.3 is 4.74 Å². The van der Waals surface area contributed by atoms with Crippen LogP contribution in [0.1, 0.15) is 18.1 Å². The average Bonchev–Trinajstić information content (AvgIpc) is 3.51. The molecule has 1 aliphatic heterocycles. The van der Waals surface area contributed by atoms with E-state index in [1.54, 1.807) is 6.07 Å². The highest BCUT2D eigenvalue weighted by atomic mass is 16.5. The minimum absolute atomic E-state index is 0.0916. The van der Waals surface area contributed by atoms with E-state index >= 15 is 0 Å². The van der Waals surface area contributed by atoms with Crippen molar-refractivity contribution >= 4 is 23.1 Å². The van der Waals surface area contributed by atoms with Gasteiger partial charge in [-0.2, -0.15) is 0 Å². The predicted molar refractivity (Wildman–Crippen MR) is 132 cm³/mol. The lowest BCUT2D eigenvalue weighted by atomic mass is 9.85. The molecule has 0 aromatic heterocycles. The quantitative estimate of drug-likeness (QED) is 0.383. The van der Waals surface area contributed by atoms with Crippen LogP contribution in [0.3, 0.4) is 0 Å². The number of carbonyl (C=O) groups excluding carboxylic acids is 2. The van der Waals surface area contributed by atoms with E-state index in [4.69, 9.17) is 4.74 Å². The molecule has 4 nitrogen and oxygen atoms in total. The molecule has 1 saturated carbocycles. The van der Waals surface area contributed by atoms with Crippen molar-refractivity contribution in [2.75, 3.05) is 11.5 Å². The second kappa shape index (κ2) is 8.14. The van der Waals surface area contributed by atoms with E-state index in [0.29, 0.717) is 18.0 Å². The molecule has 0 N–H and O–H groups in total. The number of rotatable bonds is 5. The zero-order valence-electron chi connectivity index (χ0n) is 18.9. The van der Waals surface area contributed by atoms with Gasteiger partial charge in [-0.1, -0.05) is 84.9 Å². The summed E-state index contributed by atoms with van der Waals surface area (Å²) < 4.78 is 5.74. The summed E-state index contributed by atoms with van der Waals surface area (Å²) in [4.78, 5) is 28.9. The molecule has 4 heteroatoms. The van der Waals surface area contributed by atoms with Crippen molar-refractivity contribution in [2.24, 2.45) is 23.7 Å². The molecule has 3 aromatic carbocycles. The molecule has 2 aliphatic carbocycles. The maximum atomic E-state index is 13.8. The van der Waals surface area contributed by atoms with Crippen LogP contribution in [-0.2, 0) is 9.59 Å². The van der Waals surface area contributed by atoms with Gasteiger partial charge in [-0.3, -0.25) is 9.59 Å². The minimum atomic E-state index is -0.380. The molecular weight excluding hydrogens is 422 g/mol. The van der Waals surface area contributed by atoms with Crippen molar-refractivity contribution in [2.45, 2.75) is 6.92 Å². The van der Waals surface area contributed by atoms with Gasteiger partial charge in [0.25, 0.3) is 0 Å². The zero-order valence-corrected chi connectivity index (χ0v) is 18.9. The topological polar surface area (TPSA) is 46.6 Å². The van der Waals surface area contributed by atoms with E-state index in [-0.39, 0.29) is 35.5 Å². The van der Waals surface area contributed by atoms with Crippen molar-refractivity contribution < 1.29 is 14.3 Å². The third kappa shape index (κ3) is 2.98. The fourth-order valence-corrected chi connectivity index (χ4v) is 5.96. The summed E-state index contributed by atoms with van der Waals surface area (Å²) in [6.07, 6.45) is 4.27. The lowest BCUT2D eigenvalue weighted by Crippen LogP contribution is -2.33. The molecular formula is C30H25NO3. The first kappa shape index (κ1) is 20.7. The lowest BCUT2D eigenvalue weighted by molar-refractivity contribution is -0.123. The Balaban J connectivity index is 1.47. The van der Waals surface area contributed by atoms with Gasteiger partial charge in [0.05, 0.1) is 24.1 Å². The molecule has 0 radical (unpaired) electrons. The summed E-state index contributed by atoms with van der Waals surface area (Å²) >= 11 is 0. The van der Waals surface area contributed by atoms with E-state index in [2.05, 4.69) is 36.4 Å². The molecule has 0 unspecified atom stereocenters. The molecule has 4 atom stereocenters. The highest BCUT2D eigenvalue weighted by Gasteiger charge is 2.62. The molecule has 2 bridgehead atoms. The van der Waals surface area contributed by atoms with E-state index in [9.17, 15) is 9.59 Å². The van der Waals surface area contributed by atoms with Crippen LogP contribution in [0.4, 0.5) is 5.69 Å². The van der Waals surface area contributed by atoms with Gasteiger partial charge >= 0.3 is 0 Å². The smallest absolute Gasteiger partial charge is 0.238 e. The van der Waals surface area contributed by atoms with Crippen LogP contribution in [0.25, 0.3) is 5.57 Å². The molecule has 1 saturated heterocycles. The number of hydrogen-bond acceptors (Lipinski definition) is 3. The maximum Gasteiger partial charge on any atom is 0.238 e. The Labute approximate surface area is 199 Å². The molecule has 1 heterocycles. The van der Waals surface area contributed by atoms with Gasteiger partial charge in [-0.25, -0.2) is 4.90 Å². The molecule has 2 amide bonds. The summed E-state index contributed by atoms with van der Waals surface area (Å²) in [6.45, 7) is 2.37. The Hall–Kier alpha value is -3.92. The molecule has 3 aliphatic rings. The van der Waals surface area contributed by atoms with Gasteiger partial charge in [0.1, 0.15) is 5.75 Å². The van der Waals surface area contributed by atoms with Gasteiger partial charge in [-0.15, -0.1) is 0 Å². The first-order valence-corrected chi connectivity index (χ1v) is 11.8. The third-order valence-corrected chi connectivity index (χ3v) is 7.24. The Morgan fingerprint density at radius 1 is 0.735 bits per heavy atom. The largest absolute Gasteiger partial charge is 0.492 e. The summed E-state index contributed by atoms with van der Waals surface area (Å²) in [7, 11) is 0. The molecule has 2 fully saturated rings. The minimum Gasteiger partial charge on any atom is -0.492 e. The maximum absolute atomic E-state index is 13.8. The van der Waals surface area contributed by atoms with Gasteiger partial charge in [0.2, 0.25) is 11.8 Å². The number of fused-ring (bicyclic) bond motifs is 5. The zero-order chi connectivity index (χ0) is 23.2. The van der Waals surface area contributed by atoms with Crippen LogP contribution in [0.2, 0.25) is 0 Å². The molecule has 168 valence electrons. The van der Waals surface area contributed by atoms with Crippen molar-refractivity contribution in [1.82, 2.24) is 0 Å². The fraction of sp³-hybridized carbons (Fsp3) is 0.200. The van der Waals surface area contributed by atoms with Crippen LogP contribution >= 0.6 is 0 Å². The summed E-state index contributed by atoms with van der Waals surface area (Å²) in [5, 5.41) is 0. The monoisotopic (exact) mass is 447 g/mol. The van der Waals surface area contributed by atoms with Crippen LogP contribution in [0, 0.1) is 23.7 Å². The highest BCUT2D eigenvalue weighted by Crippen LogP contribution is 2.59. The number of ether oxygens (including phenoxy) is 1. The SMILES string of the molecule is CCOc1ccccc1N1C(=O)[C@@H]2[C@@H](C1=O)[C@H]1C=C[C@H]2C1=C(c1ccccc1)c1ccccc1. The Morgan fingerprint density at radius 3 is 1.76 bits per heavy atom. The first-order valence-electron chi connectivity index (χ1n) is 11.8. The Kier molecular flexibility index (Phi) is 4.95. The molecule has 3 aromatic rings. The van der Waals surface area contributed by atoms with Crippen molar-refractivity contribution in [3.05, 3.63) is 114 Å². The van der Waals surface area contributed by atoms with Crippen molar-refractivity contribution in [3.8, 4) is 5.75 Å². The summed E-state index contributed by atoms with van der Waals surface area (Å²) in [5.74, 6) is -0.632. The van der Waals surface area contributed by atoms with E-state index < -0.39 is 0 Å². The number of amides is 2. The number of hydrogen-bond donors (Lipinski definition) is 0. The second-order valence-electron chi connectivity index (χ2n) is 8.96. The number of benzene rings is 3. The van der Waals surface area contributed by atoms with E-state index in [0.717, 1.165) is 16.7 Å². The fourth-order valence-electron chi connectivity index (χ4n) is 5.96. The molecule has 0 spiro atoms. The lowest BCUT2D eigenvalue weighted by Gasteiger charge is -2.23. The second-order valence-corrected chi connectivity index (χ2v) is 8.96. The van der Waals surface area contributed by atoms with Crippen molar-refractivity contribution in [1.29, 1.82) is 0 Å². The standard InChI is InChI=1S/C30H25NO3/c1-2-34-24-16-10-9-15-23(24)31-29(32)27-21-17-18-22(28(27)30(31)33)26(21)25(19-11-5-3-6-12-19)20-13-7-4-8-14-20/h3-18,21-22,27-28H,2H2,1H3/t21-,22-,27-,28-/m0/s1. The van der Waals surface area contributed by atoms with Crippen LogP contribution in [-0.4, -0.2) is 18.4 Å².